The molecule has 74 valence electrons. The number of ketones is 1. The molecule has 0 unspecified atom stereocenters. The van der Waals surface area contributed by atoms with Gasteiger partial charge in [0.15, 0.2) is 0 Å². The molecule has 0 fully saturated rings. The van der Waals surface area contributed by atoms with Crippen molar-refractivity contribution < 1.29 is 9.59 Å². The van der Waals surface area contributed by atoms with E-state index in [-0.39, 0.29) is 0 Å². The molecule has 0 saturated heterocycles. The number of nitrogens with one attached hydrogen (secondary N) is 1. The number of benzene rings is 1. The second kappa shape index (κ2) is 4.05. The Balaban J connectivity index is 0.000000461. The van der Waals surface area contributed by atoms with Crippen LogP contribution < -0.4 is 5.32 Å². The maximum absolute atomic E-state index is 11.1. The first kappa shape index (κ1) is 10.4. The molecule has 3 nitrogen and oxygen atoms in total. The van der Waals surface area contributed by atoms with E-state index >= 15 is 0 Å². The number of fused-ring (bicyclic) bond motifs is 1. The number of hydrogen-bond donors (Lipinski definition) is 1. The monoisotopic (exact) mass is 191 g/mol. The summed E-state index contributed by atoms with van der Waals surface area (Å²) in [4.78, 5) is 22.1. The van der Waals surface area contributed by atoms with Gasteiger partial charge in [0.05, 0.1) is 11.3 Å². The molecule has 0 radical (unpaired) electrons. The smallest absolute Gasteiger partial charge is 0.296 e. The van der Waals surface area contributed by atoms with E-state index in [1.54, 1.807) is 12.1 Å². The predicted molar refractivity (Wildman–Crippen MR) is 55.5 cm³/mol. The number of anilines is 1. The van der Waals surface area contributed by atoms with Crippen molar-refractivity contribution in [3.8, 4) is 0 Å². The zero-order chi connectivity index (χ0) is 10.7. The van der Waals surface area contributed by atoms with E-state index in [0.717, 1.165) is 5.56 Å². The zero-order valence-electron chi connectivity index (χ0n) is 8.55. The minimum Gasteiger partial charge on any atom is -0.318 e. The lowest BCUT2D eigenvalue weighted by atomic mass is 10.1. The highest BCUT2D eigenvalue weighted by Crippen LogP contribution is 2.25. The molecule has 0 atom stereocenters. The Bertz CT molecular complexity index is 383. The highest BCUT2D eigenvalue weighted by Gasteiger charge is 2.28. The Morgan fingerprint density at radius 1 is 1.14 bits per heavy atom. The Morgan fingerprint density at radius 3 is 2.36 bits per heavy atom. The third-order valence-corrected chi connectivity index (χ3v) is 1.96. The topological polar surface area (TPSA) is 46.2 Å². The molecule has 1 aromatic rings. The number of rotatable bonds is 0. The van der Waals surface area contributed by atoms with E-state index < -0.39 is 11.7 Å². The summed E-state index contributed by atoms with van der Waals surface area (Å²) in [6, 6.07) is 5.28. The fourth-order valence-electron chi connectivity index (χ4n) is 1.32. The second-order valence-corrected chi connectivity index (χ2v) is 2.78. The highest BCUT2D eigenvalue weighted by atomic mass is 16.2. The molecule has 1 aliphatic rings. The number of para-hydroxylation sites is 1. The first-order valence-electron chi connectivity index (χ1n) is 4.65. The van der Waals surface area contributed by atoms with Crippen LogP contribution in [0.3, 0.4) is 0 Å². The van der Waals surface area contributed by atoms with Crippen molar-refractivity contribution in [2.45, 2.75) is 20.8 Å². The van der Waals surface area contributed by atoms with Crippen molar-refractivity contribution in [3.63, 3.8) is 0 Å². The Kier molecular flexibility index (Phi) is 3.02. The molecule has 0 bridgehead atoms. The maximum atomic E-state index is 11.1. The standard InChI is InChI=1S/C9H7NO2.C2H6/c1-5-3-2-4-6-7(5)10-9(12)8(6)11;1-2/h2-4H,1H3,(H,10,11,12);1-2H3. The van der Waals surface area contributed by atoms with Gasteiger partial charge in [0, 0.05) is 0 Å². The quantitative estimate of drug-likeness (QED) is 0.639. The molecule has 0 aromatic heterocycles. The van der Waals surface area contributed by atoms with Crippen LogP contribution in [0.5, 0.6) is 0 Å². The van der Waals surface area contributed by atoms with Gasteiger partial charge in [-0.2, -0.15) is 0 Å². The summed E-state index contributed by atoms with van der Waals surface area (Å²) >= 11 is 0. The second-order valence-electron chi connectivity index (χ2n) is 2.78. The van der Waals surface area contributed by atoms with Crippen LogP contribution in [0.4, 0.5) is 5.69 Å². The molecule has 3 heteroatoms. The fraction of sp³-hybridized carbons (Fsp3) is 0.273. The van der Waals surface area contributed by atoms with Gasteiger partial charge in [-0.15, -0.1) is 0 Å². The molecule has 0 spiro atoms. The Hall–Kier alpha value is -1.64. The van der Waals surface area contributed by atoms with Gasteiger partial charge in [-0.05, 0) is 18.6 Å². The molecule has 1 aliphatic heterocycles. The van der Waals surface area contributed by atoms with Crippen molar-refractivity contribution in [2.75, 3.05) is 5.32 Å². The van der Waals surface area contributed by atoms with E-state index in [2.05, 4.69) is 5.32 Å². The number of hydrogen-bond acceptors (Lipinski definition) is 2. The average molecular weight is 191 g/mol. The fourth-order valence-corrected chi connectivity index (χ4v) is 1.32. The van der Waals surface area contributed by atoms with Crippen LogP contribution in [0.2, 0.25) is 0 Å². The minimum absolute atomic E-state index is 0.436. The van der Waals surface area contributed by atoms with E-state index in [9.17, 15) is 9.59 Å². The number of aryl methyl sites for hydroxylation is 1. The van der Waals surface area contributed by atoms with Crippen LogP contribution in [-0.4, -0.2) is 11.7 Å². The van der Waals surface area contributed by atoms with Crippen LogP contribution in [0.15, 0.2) is 18.2 Å². The van der Waals surface area contributed by atoms with Gasteiger partial charge in [0.1, 0.15) is 0 Å². The van der Waals surface area contributed by atoms with Crippen molar-refractivity contribution in [1.82, 2.24) is 0 Å². The SMILES string of the molecule is CC.Cc1cccc2c1NC(=O)C2=O. The van der Waals surface area contributed by atoms with E-state index in [1.807, 2.05) is 26.8 Å². The molecule has 1 N–H and O–H groups in total. The first-order chi connectivity index (χ1) is 6.70. The van der Waals surface area contributed by atoms with Crippen molar-refractivity contribution >= 4 is 17.4 Å². The van der Waals surface area contributed by atoms with Gasteiger partial charge < -0.3 is 5.32 Å². The minimum atomic E-state index is -0.528. The van der Waals surface area contributed by atoms with Gasteiger partial charge in [0.2, 0.25) is 0 Å². The summed E-state index contributed by atoms with van der Waals surface area (Å²) in [6.07, 6.45) is 0. The summed E-state index contributed by atoms with van der Waals surface area (Å²) in [5, 5.41) is 2.53. The summed E-state index contributed by atoms with van der Waals surface area (Å²) in [7, 11) is 0. The molecule has 14 heavy (non-hydrogen) atoms. The predicted octanol–water partition coefficient (Wildman–Crippen LogP) is 2.16. The van der Waals surface area contributed by atoms with Gasteiger partial charge >= 0.3 is 0 Å². The third kappa shape index (κ3) is 1.53. The Labute approximate surface area is 83.1 Å². The molecule has 0 saturated carbocycles. The lowest BCUT2D eigenvalue weighted by Gasteiger charge is -1.99. The molecule has 1 aromatic carbocycles. The van der Waals surface area contributed by atoms with Crippen LogP contribution in [0.1, 0.15) is 29.8 Å². The summed E-state index contributed by atoms with van der Waals surface area (Å²) in [5.74, 6) is -0.965. The number of Topliss-reactive ketones (excluding diaryl/α,β-unsaturated/α-hetero) is 1. The summed E-state index contributed by atoms with van der Waals surface area (Å²) in [6.45, 7) is 5.86. The van der Waals surface area contributed by atoms with Crippen molar-refractivity contribution in [1.29, 1.82) is 0 Å². The van der Waals surface area contributed by atoms with Crippen molar-refractivity contribution in [3.05, 3.63) is 29.3 Å². The molecule has 1 amide bonds. The van der Waals surface area contributed by atoms with E-state index in [4.69, 9.17) is 0 Å². The average Bonchev–Trinajstić information content (AvgIpc) is 2.50. The van der Waals surface area contributed by atoms with E-state index in [0.29, 0.717) is 11.3 Å². The molecular weight excluding hydrogens is 178 g/mol. The van der Waals surface area contributed by atoms with Gasteiger partial charge in [-0.3, -0.25) is 9.59 Å². The molecule has 0 aliphatic carbocycles. The Morgan fingerprint density at radius 2 is 1.79 bits per heavy atom. The van der Waals surface area contributed by atoms with Crippen LogP contribution in [0, 0.1) is 6.92 Å². The molecule has 1 heterocycles. The third-order valence-electron chi connectivity index (χ3n) is 1.96. The lowest BCUT2D eigenvalue weighted by Crippen LogP contribution is -2.12. The lowest BCUT2D eigenvalue weighted by molar-refractivity contribution is -0.112. The normalized spacial score (nSPS) is 12.8. The van der Waals surface area contributed by atoms with E-state index in [1.165, 1.54) is 0 Å². The number of amides is 1. The summed E-state index contributed by atoms with van der Waals surface area (Å²) in [5.41, 5.74) is 2.07. The van der Waals surface area contributed by atoms with Gasteiger partial charge in [0.25, 0.3) is 11.7 Å². The first-order valence-corrected chi connectivity index (χ1v) is 4.65. The summed E-state index contributed by atoms with van der Waals surface area (Å²) < 4.78 is 0. The van der Waals surface area contributed by atoms with Crippen molar-refractivity contribution in [2.24, 2.45) is 0 Å². The van der Waals surface area contributed by atoms with Gasteiger partial charge in [-0.1, -0.05) is 26.0 Å². The largest absolute Gasteiger partial charge is 0.318 e. The molecular formula is C11H13NO2. The van der Waals surface area contributed by atoms with Crippen LogP contribution in [-0.2, 0) is 4.79 Å². The number of carbonyl (C=O) groups is 2. The zero-order valence-corrected chi connectivity index (χ0v) is 8.55. The van der Waals surface area contributed by atoms with Gasteiger partial charge in [-0.25, -0.2) is 0 Å². The highest BCUT2D eigenvalue weighted by molar-refractivity contribution is 6.51. The van der Waals surface area contributed by atoms with Crippen LogP contribution in [0.25, 0.3) is 0 Å². The molecule has 2 rings (SSSR count). The van der Waals surface area contributed by atoms with Crippen LogP contribution >= 0.6 is 0 Å². The number of carbonyl (C=O) groups excluding carboxylic acids is 2. The maximum Gasteiger partial charge on any atom is 0.296 e.